The molecule has 0 amide bonds. The fourth-order valence-corrected chi connectivity index (χ4v) is 1.57. The summed E-state index contributed by atoms with van der Waals surface area (Å²) in [6, 6.07) is 9.95. The zero-order valence-corrected chi connectivity index (χ0v) is 12.0. The maximum atomic E-state index is 5.57. The second kappa shape index (κ2) is 9.25. The van der Waals surface area contributed by atoms with Crippen molar-refractivity contribution in [2.75, 3.05) is 20.3 Å². The standard InChI is InChI=1S/C14H17N3O2.ClH/c1-18-9-8-15-11-12-4-2-5-13(10-12)19-14-16-6-3-7-17-14;/h2-7,10,15H,8-9,11H2,1H3;1H/p-1. The van der Waals surface area contributed by atoms with Gasteiger partial charge in [0.2, 0.25) is 0 Å². The van der Waals surface area contributed by atoms with Crippen LogP contribution in [-0.4, -0.2) is 30.2 Å². The minimum atomic E-state index is 0. The third kappa shape index (κ3) is 5.52. The molecule has 0 aliphatic carbocycles. The van der Waals surface area contributed by atoms with Crippen LogP contribution >= 0.6 is 0 Å². The number of halogens is 1. The highest BCUT2D eigenvalue weighted by Crippen LogP contribution is 2.18. The van der Waals surface area contributed by atoms with Gasteiger partial charge in [0.25, 0.3) is 0 Å². The Morgan fingerprint density at radius 1 is 1.15 bits per heavy atom. The average Bonchev–Trinajstić information content (AvgIpc) is 2.45. The summed E-state index contributed by atoms with van der Waals surface area (Å²) in [5.41, 5.74) is 1.14. The first-order valence-electron chi connectivity index (χ1n) is 6.12. The van der Waals surface area contributed by atoms with Crippen LogP contribution in [0.1, 0.15) is 5.56 Å². The molecule has 1 aromatic heterocycles. The van der Waals surface area contributed by atoms with Gasteiger partial charge in [0.05, 0.1) is 6.61 Å². The first-order valence-corrected chi connectivity index (χ1v) is 6.12. The van der Waals surface area contributed by atoms with Crippen molar-refractivity contribution in [1.29, 1.82) is 0 Å². The van der Waals surface area contributed by atoms with Crippen LogP contribution in [0.2, 0.25) is 0 Å². The van der Waals surface area contributed by atoms with E-state index in [4.69, 9.17) is 9.47 Å². The minimum absolute atomic E-state index is 0. The number of methoxy groups -OCH3 is 1. The number of nitrogens with zero attached hydrogens (tertiary/aromatic N) is 2. The lowest BCUT2D eigenvalue weighted by Gasteiger charge is -2.07. The number of ether oxygens (including phenoxy) is 2. The lowest BCUT2D eigenvalue weighted by Crippen LogP contribution is -3.00. The van der Waals surface area contributed by atoms with Gasteiger partial charge in [-0.15, -0.1) is 0 Å². The van der Waals surface area contributed by atoms with E-state index in [9.17, 15) is 0 Å². The van der Waals surface area contributed by atoms with Crippen LogP contribution in [0, 0.1) is 0 Å². The van der Waals surface area contributed by atoms with Crippen molar-refractivity contribution in [3.05, 3.63) is 48.3 Å². The molecule has 5 nitrogen and oxygen atoms in total. The Hall–Kier alpha value is -1.69. The maximum Gasteiger partial charge on any atom is 0.321 e. The van der Waals surface area contributed by atoms with Crippen LogP contribution in [0.3, 0.4) is 0 Å². The molecule has 0 saturated carbocycles. The normalized spacial score (nSPS) is 9.85. The number of rotatable bonds is 7. The Balaban J connectivity index is 0.00000200. The minimum Gasteiger partial charge on any atom is -1.00 e. The molecular weight excluding hydrogens is 278 g/mol. The predicted molar refractivity (Wildman–Crippen MR) is 72.1 cm³/mol. The maximum absolute atomic E-state index is 5.57. The number of nitrogens with one attached hydrogen (secondary N) is 1. The van der Waals surface area contributed by atoms with Gasteiger partial charge < -0.3 is 27.2 Å². The van der Waals surface area contributed by atoms with Crippen molar-refractivity contribution in [2.24, 2.45) is 0 Å². The fourth-order valence-electron chi connectivity index (χ4n) is 1.57. The van der Waals surface area contributed by atoms with E-state index in [0.29, 0.717) is 12.6 Å². The number of benzene rings is 1. The Morgan fingerprint density at radius 3 is 2.70 bits per heavy atom. The van der Waals surface area contributed by atoms with Gasteiger partial charge in [-0.2, -0.15) is 0 Å². The second-order valence-electron chi connectivity index (χ2n) is 3.95. The van der Waals surface area contributed by atoms with Gasteiger partial charge in [0, 0.05) is 32.6 Å². The number of hydrogen-bond donors (Lipinski definition) is 1. The van der Waals surface area contributed by atoms with Gasteiger partial charge in [-0.1, -0.05) is 12.1 Å². The van der Waals surface area contributed by atoms with E-state index in [-0.39, 0.29) is 12.4 Å². The van der Waals surface area contributed by atoms with Crippen molar-refractivity contribution >= 4 is 0 Å². The Kier molecular flexibility index (Phi) is 7.57. The molecule has 0 aliphatic rings. The molecule has 1 N–H and O–H groups in total. The average molecular weight is 295 g/mol. The van der Waals surface area contributed by atoms with Crippen LogP contribution in [0.15, 0.2) is 42.7 Å². The molecule has 2 rings (SSSR count). The van der Waals surface area contributed by atoms with Crippen molar-refractivity contribution in [1.82, 2.24) is 15.3 Å². The van der Waals surface area contributed by atoms with Gasteiger partial charge >= 0.3 is 6.01 Å². The molecular formula is C14H17ClN3O2-. The lowest BCUT2D eigenvalue weighted by atomic mass is 10.2. The van der Waals surface area contributed by atoms with Gasteiger partial charge in [-0.3, -0.25) is 0 Å². The van der Waals surface area contributed by atoms with Gasteiger partial charge in [-0.05, 0) is 23.8 Å². The van der Waals surface area contributed by atoms with Gasteiger partial charge in [0.1, 0.15) is 5.75 Å². The Bertz CT molecular complexity index is 497. The first-order chi connectivity index (χ1) is 9.38. The summed E-state index contributed by atoms with van der Waals surface area (Å²) in [4.78, 5) is 8.05. The molecule has 2 aromatic rings. The summed E-state index contributed by atoms with van der Waals surface area (Å²) in [5.74, 6) is 0.734. The van der Waals surface area contributed by atoms with Crippen LogP contribution < -0.4 is 22.5 Å². The molecule has 20 heavy (non-hydrogen) atoms. The van der Waals surface area contributed by atoms with E-state index >= 15 is 0 Å². The smallest absolute Gasteiger partial charge is 0.321 e. The number of hydrogen-bond acceptors (Lipinski definition) is 5. The van der Waals surface area contributed by atoms with E-state index in [1.807, 2.05) is 24.3 Å². The van der Waals surface area contributed by atoms with Crippen LogP contribution in [0.5, 0.6) is 11.8 Å². The molecule has 1 aromatic carbocycles. The van der Waals surface area contributed by atoms with E-state index in [2.05, 4.69) is 15.3 Å². The number of aromatic nitrogens is 2. The van der Waals surface area contributed by atoms with E-state index in [1.165, 1.54) is 0 Å². The van der Waals surface area contributed by atoms with Gasteiger partial charge in [-0.25, -0.2) is 9.97 Å². The van der Waals surface area contributed by atoms with Crippen LogP contribution in [0.4, 0.5) is 0 Å². The van der Waals surface area contributed by atoms with Crippen molar-refractivity contribution in [3.63, 3.8) is 0 Å². The predicted octanol–water partition coefficient (Wildman–Crippen LogP) is -0.991. The first kappa shape index (κ1) is 16.4. The second-order valence-corrected chi connectivity index (χ2v) is 3.95. The van der Waals surface area contributed by atoms with Crippen LogP contribution in [-0.2, 0) is 11.3 Å². The molecule has 1 heterocycles. The summed E-state index contributed by atoms with van der Waals surface area (Å²) < 4.78 is 10.6. The highest BCUT2D eigenvalue weighted by Gasteiger charge is 2.00. The molecule has 6 heteroatoms. The molecule has 0 saturated heterocycles. The van der Waals surface area contributed by atoms with Crippen molar-refractivity contribution in [3.8, 4) is 11.8 Å². The molecule has 0 spiro atoms. The van der Waals surface area contributed by atoms with E-state index in [1.54, 1.807) is 25.6 Å². The van der Waals surface area contributed by atoms with E-state index < -0.39 is 0 Å². The highest BCUT2D eigenvalue weighted by molar-refractivity contribution is 5.30. The molecule has 108 valence electrons. The van der Waals surface area contributed by atoms with Crippen molar-refractivity contribution in [2.45, 2.75) is 6.54 Å². The Labute approximate surface area is 124 Å². The topological polar surface area (TPSA) is 56.3 Å². The summed E-state index contributed by atoms with van der Waals surface area (Å²) in [7, 11) is 1.69. The summed E-state index contributed by atoms with van der Waals surface area (Å²) in [6.07, 6.45) is 3.30. The van der Waals surface area contributed by atoms with Gasteiger partial charge in [0.15, 0.2) is 0 Å². The SMILES string of the molecule is COCCNCc1cccc(Oc2ncccn2)c1.[Cl-]. The van der Waals surface area contributed by atoms with Crippen LogP contribution in [0.25, 0.3) is 0 Å². The fraction of sp³-hybridized carbons (Fsp3) is 0.286. The third-order valence-electron chi connectivity index (χ3n) is 2.46. The van der Waals surface area contributed by atoms with Crippen molar-refractivity contribution < 1.29 is 21.9 Å². The van der Waals surface area contributed by atoms with E-state index in [0.717, 1.165) is 24.4 Å². The third-order valence-corrected chi connectivity index (χ3v) is 2.46. The zero-order chi connectivity index (χ0) is 13.3. The quantitative estimate of drug-likeness (QED) is 0.665. The molecule has 0 aliphatic heterocycles. The summed E-state index contributed by atoms with van der Waals surface area (Å²) >= 11 is 0. The molecule has 0 atom stereocenters. The summed E-state index contributed by atoms with van der Waals surface area (Å²) in [5, 5.41) is 3.28. The molecule has 0 fully saturated rings. The Morgan fingerprint density at radius 2 is 1.95 bits per heavy atom. The monoisotopic (exact) mass is 294 g/mol. The lowest BCUT2D eigenvalue weighted by molar-refractivity contribution is -0.00000511. The highest BCUT2D eigenvalue weighted by atomic mass is 35.5. The summed E-state index contributed by atoms with van der Waals surface area (Å²) in [6.45, 7) is 2.30. The largest absolute Gasteiger partial charge is 1.00 e. The molecule has 0 unspecified atom stereocenters. The zero-order valence-electron chi connectivity index (χ0n) is 11.3. The molecule has 0 radical (unpaired) electrons. The molecule has 0 bridgehead atoms.